The van der Waals surface area contributed by atoms with Crippen LogP contribution in [0.1, 0.15) is 15.9 Å². The third-order valence-corrected chi connectivity index (χ3v) is 3.04. The lowest BCUT2D eigenvalue weighted by Gasteiger charge is -2.06. The van der Waals surface area contributed by atoms with Crippen molar-refractivity contribution >= 4 is 44.3 Å². The standard InChI is InChI=1S/C11H8BrClN2O/c1-5-2-6-7(11(14)16)4-9(13)15-10(6)8(12)3-5/h2-4H,1H3,(H2,14,16). The molecule has 0 radical (unpaired) electrons. The van der Waals surface area contributed by atoms with Gasteiger partial charge in [-0.25, -0.2) is 4.98 Å². The Morgan fingerprint density at radius 3 is 2.75 bits per heavy atom. The molecule has 1 aromatic heterocycles. The van der Waals surface area contributed by atoms with E-state index in [4.69, 9.17) is 17.3 Å². The van der Waals surface area contributed by atoms with Crippen molar-refractivity contribution in [1.82, 2.24) is 4.98 Å². The first-order valence-electron chi connectivity index (χ1n) is 4.55. The first kappa shape index (κ1) is 11.4. The van der Waals surface area contributed by atoms with Crippen molar-refractivity contribution in [2.45, 2.75) is 6.92 Å². The Morgan fingerprint density at radius 1 is 1.44 bits per heavy atom. The van der Waals surface area contributed by atoms with Crippen LogP contribution in [-0.4, -0.2) is 10.9 Å². The van der Waals surface area contributed by atoms with Gasteiger partial charge in [-0.3, -0.25) is 4.79 Å². The number of carbonyl (C=O) groups is 1. The second kappa shape index (κ2) is 4.03. The van der Waals surface area contributed by atoms with Gasteiger partial charge < -0.3 is 5.73 Å². The highest BCUT2D eigenvalue weighted by Gasteiger charge is 2.12. The number of nitrogens with zero attached hydrogens (tertiary/aromatic N) is 1. The number of hydrogen-bond donors (Lipinski definition) is 1. The summed E-state index contributed by atoms with van der Waals surface area (Å²) < 4.78 is 0.799. The molecule has 5 heteroatoms. The Labute approximate surface area is 106 Å². The summed E-state index contributed by atoms with van der Waals surface area (Å²) in [4.78, 5) is 15.5. The highest BCUT2D eigenvalue weighted by Crippen LogP contribution is 2.28. The Hall–Kier alpha value is -1.13. The molecule has 0 aliphatic heterocycles. The lowest BCUT2D eigenvalue weighted by atomic mass is 10.1. The maximum absolute atomic E-state index is 11.3. The normalized spacial score (nSPS) is 10.7. The van der Waals surface area contributed by atoms with Crippen LogP contribution in [0.2, 0.25) is 5.15 Å². The molecule has 0 aliphatic carbocycles. The van der Waals surface area contributed by atoms with Gasteiger partial charge in [0.15, 0.2) is 0 Å². The number of aryl methyl sites for hydroxylation is 1. The molecule has 0 saturated heterocycles. The summed E-state index contributed by atoms with van der Waals surface area (Å²) in [5, 5.41) is 0.967. The van der Waals surface area contributed by atoms with E-state index in [-0.39, 0.29) is 5.15 Å². The number of primary amides is 1. The maximum Gasteiger partial charge on any atom is 0.249 e. The number of amides is 1. The number of carbonyl (C=O) groups excluding carboxylic acids is 1. The van der Waals surface area contributed by atoms with Gasteiger partial charge in [0.2, 0.25) is 5.91 Å². The van der Waals surface area contributed by atoms with Crippen LogP contribution in [0.15, 0.2) is 22.7 Å². The minimum absolute atomic E-state index is 0.255. The van der Waals surface area contributed by atoms with Crippen LogP contribution in [0, 0.1) is 6.92 Å². The largest absolute Gasteiger partial charge is 0.366 e. The highest BCUT2D eigenvalue weighted by molar-refractivity contribution is 9.10. The Morgan fingerprint density at radius 2 is 2.12 bits per heavy atom. The minimum Gasteiger partial charge on any atom is -0.366 e. The van der Waals surface area contributed by atoms with E-state index >= 15 is 0 Å². The zero-order valence-corrected chi connectivity index (χ0v) is 10.8. The molecule has 1 aromatic carbocycles. The summed E-state index contributed by atoms with van der Waals surface area (Å²) in [6, 6.07) is 5.26. The van der Waals surface area contributed by atoms with Gasteiger partial charge in [0.25, 0.3) is 0 Å². The molecule has 3 nitrogen and oxygen atoms in total. The molecule has 16 heavy (non-hydrogen) atoms. The van der Waals surface area contributed by atoms with Gasteiger partial charge in [-0.05, 0) is 46.6 Å². The number of nitrogens with two attached hydrogens (primary N) is 1. The average molecular weight is 300 g/mol. The Balaban J connectivity index is 2.95. The van der Waals surface area contributed by atoms with E-state index in [0.29, 0.717) is 16.5 Å². The van der Waals surface area contributed by atoms with Gasteiger partial charge in [-0.1, -0.05) is 11.6 Å². The van der Waals surface area contributed by atoms with E-state index in [1.54, 1.807) is 0 Å². The zero-order valence-electron chi connectivity index (χ0n) is 8.42. The van der Waals surface area contributed by atoms with Crippen molar-refractivity contribution in [2.75, 3.05) is 0 Å². The number of hydrogen-bond acceptors (Lipinski definition) is 2. The van der Waals surface area contributed by atoms with Gasteiger partial charge in [0.1, 0.15) is 5.15 Å². The summed E-state index contributed by atoms with van der Waals surface area (Å²) >= 11 is 9.23. The van der Waals surface area contributed by atoms with Gasteiger partial charge in [0.05, 0.1) is 11.1 Å². The third-order valence-electron chi connectivity index (χ3n) is 2.25. The number of fused-ring (bicyclic) bond motifs is 1. The zero-order chi connectivity index (χ0) is 11.9. The van der Waals surface area contributed by atoms with E-state index < -0.39 is 5.91 Å². The molecule has 0 unspecified atom stereocenters. The molecule has 2 N–H and O–H groups in total. The second-order valence-electron chi connectivity index (χ2n) is 3.50. The fourth-order valence-corrected chi connectivity index (χ4v) is 2.45. The molecule has 2 aromatic rings. The van der Waals surface area contributed by atoms with Crippen LogP contribution in [-0.2, 0) is 0 Å². The minimum atomic E-state index is -0.508. The molecule has 0 fully saturated rings. The first-order chi connectivity index (χ1) is 7.49. The topological polar surface area (TPSA) is 56.0 Å². The predicted octanol–water partition coefficient (Wildman–Crippen LogP) is 3.06. The van der Waals surface area contributed by atoms with Crippen LogP contribution in [0.4, 0.5) is 0 Å². The molecule has 0 bridgehead atoms. The number of benzene rings is 1. The van der Waals surface area contributed by atoms with Gasteiger partial charge >= 0.3 is 0 Å². The molecular weight excluding hydrogens is 291 g/mol. The number of pyridine rings is 1. The second-order valence-corrected chi connectivity index (χ2v) is 4.74. The lowest BCUT2D eigenvalue weighted by molar-refractivity contribution is 0.100. The monoisotopic (exact) mass is 298 g/mol. The number of halogens is 2. The summed E-state index contributed by atoms with van der Waals surface area (Å²) in [5.74, 6) is -0.508. The lowest BCUT2D eigenvalue weighted by Crippen LogP contribution is -2.12. The van der Waals surface area contributed by atoms with Crippen molar-refractivity contribution in [2.24, 2.45) is 5.73 Å². The van der Waals surface area contributed by atoms with Crippen LogP contribution in [0.25, 0.3) is 10.9 Å². The number of rotatable bonds is 1. The van der Waals surface area contributed by atoms with Crippen LogP contribution >= 0.6 is 27.5 Å². The van der Waals surface area contributed by atoms with Crippen LogP contribution in [0.5, 0.6) is 0 Å². The van der Waals surface area contributed by atoms with Crippen LogP contribution < -0.4 is 5.73 Å². The molecule has 0 spiro atoms. The summed E-state index contributed by atoms with van der Waals surface area (Å²) in [6.07, 6.45) is 0. The first-order valence-corrected chi connectivity index (χ1v) is 5.72. The maximum atomic E-state index is 11.3. The van der Waals surface area contributed by atoms with E-state index in [2.05, 4.69) is 20.9 Å². The SMILES string of the molecule is Cc1cc(Br)c2nc(Cl)cc(C(N)=O)c2c1. The Kier molecular flexibility index (Phi) is 2.86. The van der Waals surface area contributed by atoms with Crippen molar-refractivity contribution < 1.29 is 4.79 Å². The van der Waals surface area contributed by atoms with Crippen molar-refractivity contribution in [3.8, 4) is 0 Å². The number of aromatic nitrogens is 1. The molecule has 0 saturated carbocycles. The molecule has 1 heterocycles. The average Bonchev–Trinajstić information content (AvgIpc) is 2.18. The molecule has 0 aliphatic rings. The van der Waals surface area contributed by atoms with E-state index in [0.717, 1.165) is 10.0 Å². The highest BCUT2D eigenvalue weighted by atomic mass is 79.9. The van der Waals surface area contributed by atoms with Gasteiger partial charge in [-0.2, -0.15) is 0 Å². The molecule has 2 rings (SSSR count). The quantitative estimate of drug-likeness (QED) is 0.823. The van der Waals surface area contributed by atoms with Crippen LogP contribution in [0.3, 0.4) is 0 Å². The molecule has 0 atom stereocenters. The predicted molar refractivity (Wildman–Crippen MR) is 67.7 cm³/mol. The molecule has 82 valence electrons. The summed E-state index contributed by atoms with van der Waals surface area (Å²) in [7, 11) is 0. The van der Waals surface area contributed by atoms with E-state index in [9.17, 15) is 4.79 Å². The molecular formula is C11H8BrClN2O. The summed E-state index contributed by atoms with van der Waals surface area (Å²) in [5.41, 5.74) is 7.36. The van der Waals surface area contributed by atoms with Gasteiger partial charge in [-0.15, -0.1) is 0 Å². The van der Waals surface area contributed by atoms with Crippen molar-refractivity contribution in [1.29, 1.82) is 0 Å². The Bertz CT molecular complexity index is 598. The third kappa shape index (κ3) is 1.90. The van der Waals surface area contributed by atoms with E-state index in [1.807, 2.05) is 19.1 Å². The smallest absolute Gasteiger partial charge is 0.249 e. The molecule has 1 amide bonds. The fourth-order valence-electron chi connectivity index (χ4n) is 1.59. The van der Waals surface area contributed by atoms with Crippen molar-refractivity contribution in [3.05, 3.63) is 39.0 Å². The fraction of sp³-hybridized carbons (Fsp3) is 0.0909. The van der Waals surface area contributed by atoms with Gasteiger partial charge in [0, 0.05) is 9.86 Å². The van der Waals surface area contributed by atoms with Crippen molar-refractivity contribution in [3.63, 3.8) is 0 Å². The summed E-state index contributed by atoms with van der Waals surface area (Å²) in [6.45, 7) is 1.93. The van der Waals surface area contributed by atoms with E-state index in [1.165, 1.54) is 6.07 Å².